The SMILES string of the molecule is CS(=O)(=O)c1cccc(-n2cc3c(=O)n(-c4ccc(Cl)cc4)c(-c4ccc(-c5cnc(N)cn5)cc4)nc3n2)c1. The highest BCUT2D eigenvalue weighted by molar-refractivity contribution is 7.90. The number of rotatable bonds is 5. The number of halogens is 1. The molecule has 12 heteroatoms. The molecule has 198 valence electrons. The van der Waals surface area contributed by atoms with Gasteiger partial charge in [0.25, 0.3) is 5.56 Å². The van der Waals surface area contributed by atoms with Gasteiger partial charge in [0.2, 0.25) is 0 Å². The van der Waals surface area contributed by atoms with Crippen molar-refractivity contribution in [1.82, 2.24) is 29.3 Å². The van der Waals surface area contributed by atoms with Crippen molar-refractivity contribution in [3.05, 3.63) is 107 Å². The third-order valence-electron chi connectivity index (χ3n) is 6.26. The van der Waals surface area contributed by atoms with E-state index in [-0.39, 0.29) is 21.5 Å². The Bertz CT molecular complexity index is 2050. The Morgan fingerprint density at radius 3 is 2.27 bits per heavy atom. The second-order valence-electron chi connectivity index (χ2n) is 9.04. The summed E-state index contributed by atoms with van der Waals surface area (Å²) in [7, 11) is -3.43. The molecular formula is C28H20ClN7O3S. The van der Waals surface area contributed by atoms with Crippen molar-refractivity contribution in [2.45, 2.75) is 4.90 Å². The minimum absolute atomic E-state index is 0.141. The first-order valence-electron chi connectivity index (χ1n) is 11.9. The first-order valence-corrected chi connectivity index (χ1v) is 14.2. The van der Waals surface area contributed by atoms with Crippen molar-refractivity contribution >= 4 is 38.3 Å². The largest absolute Gasteiger partial charge is 0.382 e. The van der Waals surface area contributed by atoms with Crippen molar-refractivity contribution in [1.29, 1.82) is 0 Å². The Balaban J connectivity index is 1.53. The molecule has 0 amide bonds. The second-order valence-corrected chi connectivity index (χ2v) is 11.5. The van der Waals surface area contributed by atoms with Crippen LogP contribution in [0.5, 0.6) is 0 Å². The number of hydrogen-bond donors (Lipinski definition) is 1. The number of benzene rings is 3. The molecule has 6 rings (SSSR count). The van der Waals surface area contributed by atoms with Crippen molar-refractivity contribution in [3.63, 3.8) is 0 Å². The number of nitrogens with zero attached hydrogens (tertiary/aromatic N) is 6. The third kappa shape index (κ3) is 4.72. The van der Waals surface area contributed by atoms with Crippen LogP contribution >= 0.6 is 11.6 Å². The number of anilines is 1. The number of hydrogen-bond acceptors (Lipinski definition) is 8. The van der Waals surface area contributed by atoms with E-state index in [0.29, 0.717) is 39.3 Å². The van der Waals surface area contributed by atoms with Crippen molar-refractivity contribution in [2.75, 3.05) is 12.0 Å². The molecule has 0 atom stereocenters. The van der Waals surface area contributed by atoms with Crippen molar-refractivity contribution in [2.24, 2.45) is 0 Å². The Labute approximate surface area is 233 Å². The Kier molecular flexibility index (Phi) is 6.16. The highest BCUT2D eigenvalue weighted by atomic mass is 35.5. The molecule has 0 saturated carbocycles. The van der Waals surface area contributed by atoms with Gasteiger partial charge in [0.15, 0.2) is 15.5 Å². The lowest BCUT2D eigenvalue weighted by Gasteiger charge is -2.13. The fourth-order valence-electron chi connectivity index (χ4n) is 4.25. The van der Waals surface area contributed by atoms with Crippen LogP contribution < -0.4 is 11.3 Å². The van der Waals surface area contributed by atoms with E-state index in [1.165, 1.54) is 27.6 Å². The predicted molar refractivity (Wildman–Crippen MR) is 153 cm³/mol. The van der Waals surface area contributed by atoms with Crippen LogP contribution in [0.2, 0.25) is 5.02 Å². The van der Waals surface area contributed by atoms with Gasteiger partial charge in [0.05, 0.1) is 34.4 Å². The number of aromatic nitrogens is 6. The molecule has 3 aromatic heterocycles. The first-order chi connectivity index (χ1) is 19.2. The van der Waals surface area contributed by atoms with Crippen molar-refractivity contribution in [3.8, 4) is 34.0 Å². The lowest BCUT2D eigenvalue weighted by Crippen LogP contribution is -2.21. The summed E-state index contributed by atoms with van der Waals surface area (Å²) in [5, 5.41) is 5.31. The number of sulfone groups is 1. The summed E-state index contributed by atoms with van der Waals surface area (Å²) in [6.45, 7) is 0. The van der Waals surface area contributed by atoms with Crippen LogP contribution in [0.1, 0.15) is 0 Å². The summed E-state index contributed by atoms with van der Waals surface area (Å²) < 4.78 is 27.1. The topological polar surface area (TPSA) is 139 Å². The van der Waals surface area contributed by atoms with Gasteiger partial charge in [-0.1, -0.05) is 41.9 Å². The lowest BCUT2D eigenvalue weighted by atomic mass is 10.1. The molecule has 0 bridgehead atoms. The minimum atomic E-state index is -3.43. The molecule has 0 unspecified atom stereocenters. The molecule has 0 aliphatic rings. The molecule has 40 heavy (non-hydrogen) atoms. The summed E-state index contributed by atoms with van der Waals surface area (Å²) >= 11 is 6.11. The Morgan fingerprint density at radius 1 is 0.875 bits per heavy atom. The van der Waals surface area contributed by atoms with E-state index in [9.17, 15) is 13.2 Å². The zero-order valence-electron chi connectivity index (χ0n) is 20.9. The van der Waals surface area contributed by atoms with Gasteiger partial charge >= 0.3 is 0 Å². The third-order valence-corrected chi connectivity index (χ3v) is 7.62. The molecule has 3 aromatic carbocycles. The Hall–Kier alpha value is -4.87. The molecule has 0 radical (unpaired) electrons. The van der Waals surface area contributed by atoms with Crippen LogP contribution in [0, 0.1) is 0 Å². The van der Waals surface area contributed by atoms with Crippen LogP contribution in [-0.4, -0.2) is 44.0 Å². The summed E-state index contributed by atoms with van der Waals surface area (Å²) in [6, 6.07) is 20.6. The zero-order valence-corrected chi connectivity index (χ0v) is 22.5. The maximum atomic E-state index is 13.9. The highest BCUT2D eigenvalue weighted by Crippen LogP contribution is 2.26. The van der Waals surface area contributed by atoms with E-state index in [1.54, 1.807) is 48.8 Å². The fourth-order valence-corrected chi connectivity index (χ4v) is 5.04. The van der Waals surface area contributed by atoms with E-state index in [4.69, 9.17) is 22.3 Å². The zero-order chi connectivity index (χ0) is 28.0. The molecule has 0 spiro atoms. The van der Waals surface area contributed by atoms with Gasteiger partial charge in [0, 0.05) is 28.6 Å². The summed E-state index contributed by atoms with van der Waals surface area (Å²) in [4.78, 5) is 27.2. The summed E-state index contributed by atoms with van der Waals surface area (Å²) in [5.74, 6) is 0.692. The number of fused-ring (bicyclic) bond motifs is 1. The van der Waals surface area contributed by atoms with Crippen molar-refractivity contribution < 1.29 is 8.42 Å². The van der Waals surface area contributed by atoms with Crippen LogP contribution in [0.15, 0.2) is 101 Å². The molecule has 0 aliphatic heterocycles. The quantitative estimate of drug-likeness (QED) is 0.323. The normalized spacial score (nSPS) is 11.7. The molecule has 0 saturated heterocycles. The van der Waals surface area contributed by atoms with Gasteiger partial charge in [-0.05, 0) is 42.5 Å². The molecule has 3 heterocycles. The smallest absolute Gasteiger partial charge is 0.269 e. The van der Waals surface area contributed by atoms with Gasteiger partial charge in [-0.25, -0.2) is 23.1 Å². The standard InChI is InChI=1S/C28H20ClN7O3S/c1-40(38,39)22-4-2-3-21(13-22)35-16-23-26(34-35)33-27(36(28(23)37)20-11-9-19(29)10-12-20)18-7-5-17(6-8-18)24-14-32-25(30)15-31-24/h2-16H,1H3,(H2,30,32). The van der Waals surface area contributed by atoms with E-state index < -0.39 is 9.84 Å². The monoisotopic (exact) mass is 569 g/mol. The maximum absolute atomic E-state index is 13.9. The second kappa shape index (κ2) is 9.70. The van der Waals surface area contributed by atoms with Gasteiger partial charge in [0.1, 0.15) is 17.0 Å². The van der Waals surface area contributed by atoms with Gasteiger partial charge in [-0.2, -0.15) is 0 Å². The van der Waals surface area contributed by atoms with E-state index >= 15 is 0 Å². The van der Waals surface area contributed by atoms with Gasteiger partial charge in [-0.15, -0.1) is 5.10 Å². The van der Waals surface area contributed by atoms with Crippen LogP contribution in [-0.2, 0) is 9.84 Å². The van der Waals surface area contributed by atoms with Gasteiger partial charge < -0.3 is 5.73 Å². The maximum Gasteiger partial charge on any atom is 0.269 e. The van der Waals surface area contributed by atoms with E-state index in [1.807, 2.05) is 24.3 Å². The molecule has 10 nitrogen and oxygen atoms in total. The average Bonchev–Trinajstić information content (AvgIpc) is 3.39. The summed E-state index contributed by atoms with van der Waals surface area (Å²) in [6.07, 6.45) is 5.75. The van der Waals surface area contributed by atoms with Crippen LogP contribution in [0.4, 0.5) is 5.82 Å². The predicted octanol–water partition coefficient (Wildman–Crippen LogP) is 4.33. The average molecular weight is 570 g/mol. The molecule has 6 aromatic rings. The molecular weight excluding hydrogens is 550 g/mol. The number of nitrogen functional groups attached to an aromatic ring is 1. The minimum Gasteiger partial charge on any atom is -0.382 e. The number of nitrogens with two attached hydrogens (primary N) is 1. The van der Waals surface area contributed by atoms with Gasteiger partial charge in [-0.3, -0.25) is 14.3 Å². The Morgan fingerprint density at radius 2 is 1.60 bits per heavy atom. The van der Waals surface area contributed by atoms with E-state index in [0.717, 1.165) is 11.8 Å². The molecule has 2 N–H and O–H groups in total. The highest BCUT2D eigenvalue weighted by Gasteiger charge is 2.18. The molecule has 0 aliphatic carbocycles. The lowest BCUT2D eigenvalue weighted by molar-refractivity contribution is 0.601. The van der Waals surface area contributed by atoms with Crippen LogP contribution in [0.3, 0.4) is 0 Å². The first kappa shape index (κ1) is 25.4. The summed E-state index contributed by atoms with van der Waals surface area (Å²) in [5.41, 5.74) is 8.69. The fraction of sp³-hybridized carbons (Fsp3) is 0.0357. The van der Waals surface area contributed by atoms with Crippen LogP contribution in [0.25, 0.3) is 45.1 Å². The molecule has 0 fully saturated rings. The van der Waals surface area contributed by atoms with E-state index in [2.05, 4.69) is 15.1 Å².